The molecule has 20 heavy (non-hydrogen) atoms. The maximum atomic E-state index is 10.7. The highest BCUT2D eigenvalue weighted by Crippen LogP contribution is 2.20. The minimum absolute atomic E-state index is 0.107. The maximum absolute atomic E-state index is 10.7. The molecule has 0 fully saturated rings. The van der Waals surface area contributed by atoms with Crippen molar-refractivity contribution in [1.82, 2.24) is 0 Å². The van der Waals surface area contributed by atoms with Crippen molar-refractivity contribution in [2.75, 3.05) is 13.7 Å². The smallest absolute Gasteiger partial charge is 0.150 e. The van der Waals surface area contributed by atoms with Gasteiger partial charge in [-0.05, 0) is 29.8 Å². The van der Waals surface area contributed by atoms with E-state index in [2.05, 4.69) is 0 Å². The first kappa shape index (κ1) is 14.1. The minimum Gasteiger partial charge on any atom is -0.497 e. The van der Waals surface area contributed by atoms with Gasteiger partial charge in [-0.3, -0.25) is 4.79 Å². The third-order valence-corrected chi connectivity index (χ3v) is 2.88. The fourth-order valence-corrected chi connectivity index (χ4v) is 1.80. The second-order valence-electron chi connectivity index (χ2n) is 4.29. The van der Waals surface area contributed by atoms with Crippen molar-refractivity contribution in [2.45, 2.75) is 6.10 Å². The Kier molecular flexibility index (Phi) is 4.74. The summed E-state index contributed by atoms with van der Waals surface area (Å²) in [6.07, 6.45) is -0.00397. The van der Waals surface area contributed by atoms with E-state index in [9.17, 15) is 9.90 Å². The Morgan fingerprint density at radius 3 is 2.65 bits per heavy atom. The van der Waals surface area contributed by atoms with Crippen LogP contribution in [-0.4, -0.2) is 25.1 Å². The normalized spacial score (nSPS) is 11.7. The zero-order valence-electron chi connectivity index (χ0n) is 11.2. The number of methoxy groups -OCH3 is 1. The molecule has 0 aromatic heterocycles. The molecule has 0 bridgehead atoms. The van der Waals surface area contributed by atoms with Crippen LogP contribution in [0.1, 0.15) is 22.0 Å². The van der Waals surface area contributed by atoms with Gasteiger partial charge in [0.25, 0.3) is 0 Å². The van der Waals surface area contributed by atoms with Crippen LogP contribution in [0, 0.1) is 0 Å². The number of aliphatic hydroxyl groups excluding tert-OH is 1. The molecule has 0 heterocycles. The molecule has 0 spiro atoms. The molecule has 0 aliphatic rings. The van der Waals surface area contributed by atoms with Crippen LogP contribution in [0.5, 0.6) is 11.5 Å². The highest BCUT2D eigenvalue weighted by Gasteiger charge is 2.09. The standard InChI is InChI=1S/C16H16O4/c1-19-14-6-3-5-13(9-14)16(18)11-20-15-7-2-4-12(8-15)10-17/h2-10,16,18H,11H2,1H3. The third-order valence-electron chi connectivity index (χ3n) is 2.88. The average molecular weight is 272 g/mol. The van der Waals surface area contributed by atoms with E-state index in [1.165, 1.54) is 0 Å². The quantitative estimate of drug-likeness (QED) is 0.821. The summed E-state index contributed by atoms with van der Waals surface area (Å²) in [4.78, 5) is 10.7. The average Bonchev–Trinajstić information content (AvgIpc) is 2.52. The van der Waals surface area contributed by atoms with Gasteiger partial charge in [0.15, 0.2) is 0 Å². The lowest BCUT2D eigenvalue weighted by molar-refractivity contribution is 0.107. The minimum atomic E-state index is -0.759. The topological polar surface area (TPSA) is 55.8 Å². The van der Waals surface area contributed by atoms with Gasteiger partial charge < -0.3 is 14.6 Å². The Morgan fingerprint density at radius 1 is 1.15 bits per heavy atom. The van der Waals surface area contributed by atoms with Crippen LogP contribution in [0.4, 0.5) is 0 Å². The molecular formula is C16H16O4. The zero-order chi connectivity index (χ0) is 14.4. The SMILES string of the molecule is COc1cccc(C(O)COc2cccc(C=O)c2)c1. The van der Waals surface area contributed by atoms with E-state index in [4.69, 9.17) is 9.47 Å². The molecule has 0 amide bonds. The van der Waals surface area contributed by atoms with Crippen LogP contribution < -0.4 is 9.47 Å². The summed E-state index contributed by atoms with van der Waals surface area (Å²) in [5, 5.41) is 10.1. The highest BCUT2D eigenvalue weighted by molar-refractivity contribution is 5.75. The Labute approximate surface area is 117 Å². The van der Waals surface area contributed by atoms with Gasteiger partial charge in [0, 0.05) is 5.56 Å². The summed E-state index contributed by atoms with van der Waals surface area (Å²) in [6, 6.07) is 14.0. The molecule has 2 rings (SSSR count). The van der Waals surface area contributed by atoms with Crippen LogP contribution in [0.3, 0.4) is 0 Å². The zero-order valence-corrected chi connectivity index (χ0v) is 11.2. The van der Waals surface area contributed by atoms with Crippen molar-refractivity contribution < 1.29 is 19.4 Å². The van der Waals surface area contributed by atoms with Gasteiger partial charge in [0.2, 0.25) is 0 Å². The first-order valence-corrected chi connectivity index (χ1v) is 6.23. The van der Waals surface area contributed by atoms with Crippen LogP contribution in [0.2, 0.25) is 0 Å². The molecule has 2 aromatic rings. The Bertz CT molecular complexity index is 580. The Hall–Kier alpha value is -2.33. The highest BCUT2D eigenvalue weighted by atomic mass is 16.5. The summed E-state index contributed by atoms with van der Waals surface area (Å²) in [5.41, 5.74) is 1.26. The molecule has 0 aliphatic heterocycles. The monoisotopic (exact) mass is 272 g/mol. The second-order valence-corrected chi connectivity index (χ2v) is 4.29. The van der Waals surface area contributed by atoms with Crippen molar-refractivity contribution in [3.8, 4) is 11.5 Å². The van der Waals surface area contributed by atoms with Crippen molar-refractivity contribution in [3.05, 3.63) is 59.7 Å². The van der Waals surface area contributed by atoms with Crippen LogP contribution in [0.25, 0.3) is 0 Å². The maximum Gasteiger partial charge on any atom is 0.150 e. The molecule has 1 atom stereocenters. The number of rotatable bonds is 6. The van der Waals surface area contributed by atoms with Crippen molar-refractivity contribution >= 4 is 6.29 Å². The molecule has 104 valence electrons. The third kappa shape index (κ3) is 3.59. The lowest BCUT2D eigenvalue weighted by Gasteiger charge is -2.13. The van der Waals surface area contributed by atoms with E-state index in [1.807, 2.05) is 12.1 Å². The molecule has 0 radical (unpaired) electrons. The van der Waals surface area contributed by atoms with Crippen LogP contribution in [-0.2, 0) is 0 Å². The first-order valence-electron chi connectivity index (χ1n) is 6.23. The molecule has 4 heteroatoms. The number of benzene rings is 2. The number of aliphatic hydroxyl groups is 1. The summed E-state index contributed by atoms with van der Waals surface area (Å²) in [6.45, 7) is 0.107. The van der Waals surface area contributed by atoms with Crippen molar-refractivity contribution in [2.24, 2.45) is 0 Å². The number of aldehydes is 1. The van der Waals surface area contributed by atoms with Gasteiger partial charge in [-0.25, -0.2) is 0 Å². The predicted molar refractivity (Wildman–Crippen MR) is 75.3 cm³/mol. The van der Waals surface area contributed by atoms with E-state index < -0.39 is 6.10 Å². The molecular weight excluding hydrogens is 256 g/mol. The molecule has 1 N–H and O–H groups in total. The molecule has 2 aromatic carbocycles. The van der Waals surface area contributed by atoms with Crippen LogP contribution in [0.15, 0.2) is 48.5 Å². The van der Waals surface area contributed by atoms with Crippen molar-refractivity contribution in [1.29, 1.82) is 0 Å². The lowest BCUT2D eigenvalue weighted by Crippen LogP contribution is -2.09. The number of carbonyl (C=O) groups excluding carboxylic acids is 1. The predicted octanol–water partition coefficient (Wildman–Crippen LogP) is 2.62. The molecule has 4 nitrogen and oxygen atoms in total. The molecule has 0 aliphatic carbocycles. The van der Waals surface area contributed by atoms with Crippen LogP contribution >= 0.6 is 0 Å². The van der Waals surface area contributed by atoms with Gasteiger partial charge in [-0.15, -0.1) is 0 Å². The van der Waals surface area contributed by atoms with Gasteiger partial charge >= 0.3 is 0 Å². The van der Waals surface area contributed by atoms with Gasteiger partial charge in [-0.2, -0.15) is 0 Å². The number of ether oxygens (including phenoxy) is 2. The van der Waals surface area contributed by atoms with E-state index in [-0.39, 0.29) is 6.61 Å². The number of hydrogen-bond donors (Lipinski definition) is 1. The second kappa shape index (κ2) is 6.73. The van der Waals surface area contributed by atoms with E-state index in [1.54, 1.807) is 43.5 Å². The van der Waals surface area contributed by atoms with E-state index in [0.717, 1.165) is 11.8 Å². The van der Waals surface area contributed by atoms with Gasteiger partial charge in [0.05, 0.1) is 7.11 Å². The van der Waals surface area contributed by atoms with Crippen molar-refractivity contribution in [3.63, 3.8) is 0 Å². The summed E-state index contributed by atoms with van der Waals surface area (Å²) >= 11 is 0. The first-order chi connectivity index (χ1) is 9.72. The summed E-state index contributed by atoms with van der Waals surface area (Å²) in [7, 11) is 1.58. The summed E-state index contributed by atoms with van der Waals surface area (Å²) < 4.78 is 10.6. The molecule has 1 unspecified atom stereocenters. The molecule has 0 saturated carbocycles. The van der Waals surface area contributed by atoms with Gasteiger partial charge in [-0.1, -0.05) is 24.3 Å². The van der Waals surface area contributed by atoms with E-state index in [0.29, 0.717) is 17.1 Å². The van der Waals surface area contributed by atoms with Gasteiger partial charge in [0.1, 0.15) is 30.5 Å². The fourth-order valence-electron chi connectivity index (χ4n) is 1.80. The molecule has 0 saturated heterocycles. The number of hydrogen-bond acceptors (Lipinski definition) is 4. The largest absolute Gasteiger partial charge is 0.497 e. The Morgan fingerprint density at radius 2 is 1.90 bits per heavy atom. The summed E-state index contributed by atoms with van der Waals surface area (Å²) in [5.74, 6) is 1.24. The lowest BCUT2D eigenvalue weighted by atomic mass is 10.1. The number of carbonyl (C=O) groups is 1. The fraction of sp³-hybridized carbons (Fsp3) is 0.188. The Balaban J connectivity index is 2.00. The van der Waals surface area contributed by atoms with E-state index >= 15 is 0 Å².